The molecule has 1 aromatic rings. The van der Waals surface area contributed by atoms with Crippen LogP contribution in [0.15, 0.2) is 29.7 Å². The molecule has 0 atom stereocenters. The molecule has 0 aliphatic carbocycles. The van der Waals surface area contributed by atoms with Gasteiger partial charge in [-0.2, -0.15) is 0 Å². The Kier molecular flexibility index (Phi) is 7.79. The zero-order chi connectivity index (χ0) is 16.6. The first-order valence-electron chi connectivity index (χ1n) is 7.70. The quantitative estimate of drug-likeness (QED) is 0.711. The number of nitrogens with one attached hydrogen (secondary N) is 1. The van der Waals surface area contributed by atoms with E-state index in [9.17, 15) is 8.42 Å². The summed E-state index contributed by atoms with van der Waals surface area (Å²) in [5, 5.41) is 1.24. The van der Waals surface area contributed by atoms with Gasteiger partial charge in [0.15, 0.2) is 0 Å². The van der Waals surface area contributed by atoms with E-state index >= 15 is 0 Å². The average Bonchev–Trinajstić information content (AvgIpc) is 2.42. The van der Waals surface area contributed by atoms with Gasteiger partial charge in [0.2, 0.25) is 10.0 Å². The highest BCUT2D eigenvalue weighted by Crippen LogP contribution is 2.11. The van der Waals surface area contributed by atoms with E-state index in [0.717, 1.165) is 24.9 Å². The van der Waals surface area contributed by atoms with E-state index in [4.69, 9.17) is 0 Å². The summed E-state index contributed by atoms with van der Waals surface area (Å²) in [5.74, 6) is 0.619. The molecule has 0 heterocycles. The molecule has 0 fully saturated rings. The Balaban J connectivity index is 2.51. The summed E-state index contributed by atoms with van der Waals surface area (Å²) >= 11 is 0. The SMILES string of the molecule is CC(C)Cc1ccc(C=CS(=O)(=O)NCCCN(C)C)cc1. The van der Waals surface area contributed by atoms with Crippen molar-refractivity contribution in [1.82, 2.24) is 9.62 Å². The number of hydrogen-bond donors (Lipinski definition) is 1. The van der Waals surface area contributed by atoms with E-state index in [0.29, 0.717) is 12.5 Å². The minimum Gasteiger partial charge on any atom is -0.309 e. The maximum atomic E-state index is 11.8. The lowest BCUT2D eigenvalue weighted by molar-refractivity contribution is 0.400. The third-order valence-corrected chi connectivity index (χ3v) is 4.25. The van der Waals surface area contributed by atoms with Crippen molar-refractivity contribution in [3.05, 3.63) is 40.8 Å². The molecule has 0 aliphatic rings. The van der Waals surface area contributed by atoms with Crippen molar-refractivity contribution in [2.45, 2.75) is 26.7 Å². The zero-order valence-corrected chi connectivity index (χ0v) is 14.9. The fourth-order valence-electron chi connectivity index (χ4n) is 2.06. The van der Waals surface area contributed by atoms with Crippen molar-refractivity contribution in [2.75, 3.05) is 27.2 Å². The van der Waals surface area contributed by atoms with Gasteiger partial charge in [-0.05, 0) is 56.6 Å². The Morgan fingerprint density at radius 1 is 1.18 bits per heavy atom. The molecule has 5 heteroatoms. The molecule has 0 saturated carbocycles. The van der Waals surface area contributed by atoms with Gasteiger partial charge in [-0.1, -0.05) is 38.1 Å². The largest absolute Gasteiger partial charge is 0.309 e. The van der Waals surface area contributed by atoms with Crippen LogP contribution in [0.3, 0.4) is 0 Å². The molecule has 0 spiro atoms. The van der Waals surface area contributed by atoms with Gasteiger partial charge in [0.05, 0.1) is 0 Å². The molecule has 0 aromatic heterocycles. The average molecular weight is 324 g/mol. The summed E-state index contributed by atoms with van der Waals surface area (Å²) in [6, 6.07) is 8.01. The first-order chi connectivity index (χ1) is 10.3. The highest BCUT2D eigenvalue weighted by Gasteiger charge is 2.04. The van der Waals surface area contributed by atoms with E-state index < -0.39 is 10.0 Å². The zero-order valence-electron chi connectivity index (χ0n) is 14.0. The van der Waals surface area contributed by atoms with Crippen molar-refractivity contribution in [2.24, 2.45) is 5.92 Å². The van der Waals surface area contributed by atoms with Crippen LogP contribution in [-0.2, 0) is 16.4 Å². The lowest BCUT2D eigenvalue weighted by Crippen LogP contribution is -2.25. The summed E-state index contributed by atoms with van der Waals surface area (Å²) in [6.45, 7) is 5.69. The number of hydrogen-bond acceptors (Lipinski definition) is 3. The molecule has 0 unspecified atom stereocenters. The Labute approximate surface area is 135 Å². The Morgan fingerprint density at radius 3 is 2.36 bits per heavy atom. The lowest BCUT2D eigenvalue weighted by Gasteiger charge is -2.09. The predicted octanol–water partition coefficient (Wildman–Crippen LogP) is 2.73. The van der Waals surface area contributed by atoms with E-state index in [-0.39, 0.29) is 0 Å². The predicted molar refractivity (Wildman–Crippen MR) is 94.1 cm³/mol. The molecule has 0 aliphatic heterocycles. The third-order valence-electron chi connectivity index (χ3n) is 3.15. The second-order valence-electron chi connectivity index (χ2n) is 6.24. The van der Waals surface area contributed by atoms with Gasteiger partial charge in [0, 0.05) is 12.0 Å². The molecule has 4 nitrogen and oxygen atoms in total. The van der Waals surface area contributed by atoms with E-state index in [1.54, 1.807) is 6.08 Å². The monoisotopic (exact) mass is 324 g/mol. The molecule has 1 aromatic carbocycles. The minimum atomic E-state index is -3.36. The van der Waals surface area contributed by atoms with Gasteiger partial charge in [0.1, 0.15) is 0 Å². The maximum Gasteiger partial charge on any atom is 0.233 e. The smallest absolute Gasteiger partial charge is 0.233 e. The van der Waals surface area contributed by atoms with Gasteiger partial charge in [-0.15, -0.1) is 0 Å². The van der Waals surface area contributed by atoms with Gasteiger partial charge in [0.25, 0.3) is 0 Å². The molecule has 0 amide bonds. The highest BCUT2D eigenvalue weighted by atomic mass is 32.2. The normalized spacial score (nSPS) is 12.6. The summed E-state index contributed by atoms with van der Waals surface area (Å²) < 4.78 is 26.3. The molecule has 1 rings (SSSR count). The third kappa shape index (κ3) is 8.32. The van der Waals surface area contributed by atoms with Gasteiger partial charge in [-0.3, -0.25) is 0 Å². The lowest BCUT2D eigenvalue weighted by atomic mass is 10.0. The second-order valence-corrected chi connectivity index (χ2v) is 7.89. The minimum absolute atomic E-state index is 0.457. The Hall–Kier alpha value is -1.17. The summed E-state index contributed by atoms with van der Waals surface area (Å²) in [4.78, 5) is 2.03. The standard InChI is InChI=1S/C17H28N2O2S/c1-15(2)14-17-8-6-16(7-9-17)10-13-22(20,21)18-11-5-12-19(3)4/h6-10,13,15,18H,5,11-12,14H2,1-4H3. The molecular formula is C17H28N2O2S. The van der Waals surface area contributed by atoms with Crippen LogP contribution in [0.4, 0.5) is 0 Å². The second kappa shape index (κ2) is 9.08. The molecule has 0 radical (unpaired) electrons. The fourth-order valence-corrected chi connectivity index (χ4v) is 2.92. The highest BCUT2D eigenvalue weighted by molar-refractivity contribution is 7.92. The molecule has 124 valence electrons. The van der Waals surface area contributed by atoms with E-state index in [1.165, 1.54) is 11.0 Å². The van der Waals surface area contributed by atoms with Crippen molar-refractivity contribution in [3.8, 4) is 0 Å². The van der Waals surface area contributed by atoms with Crippen molar-refractivity contribution < 1.29 is 8.42 Å². The van der Waals surface area contributed by atoms with Crippen LogP contribution >= 0.6 is 0 Å². The topological polar surface area (TPSA) is 49.4 Å². The van der Waals surface area contributed by atoms with E-state index in [1.807, 2.05) is 31.1 Å². The van der Waals surface area contributed by atoms with Crippen molar-refractivity contribution >= 4 is 16.1 Å². The Bertz CT molecular complexity index is 561. The Morgan fingerprint density at radius 2 is 1.82 bits per heavy atom. The van der Waals surface area contributed by atoms with Gasteiger partial charge >= 0.3 is 0 Å². The first kappa shape index (κ1) is 18.9. The van der Waals surface area contributed by atoms with Crippen molar-refractivity contribution in [3.63, 3.8) is 0 Å². The summed E-state index contributed by atoms with van der Waals surface area (Å²) in [6.07, 6.45) is 3.47. The molecule has 22 heavy (non-hydrogen) atoms. The van der Waals surface area contributed by atoms with Crippen LogP contribution in [0.1, 0.15) is 31.4 Å². The van der Waals surface area contributed by atoms with Gasteiger partial charge in [-0.25, -0.2) is 13.1 Å². The van der Waals surface area contributed by atoms with Crippen LogP contribution in [-0.4, -0.2) is 40.5 Å². The molecule has 1 N–H and O–H groups in total. The number of nitrogens with zero attached hydrogens (tertiary/aromatic N) is 1. The number of benzene rings is 1. The number of rotatable bonds is 9. The van der Waals surface area contributed by atoms with E-state index in [2.05, 4.69) is 30.7 Å². The maximum absolute atomic E-state index is 11.8. The van der Waals surface area contributed by atoms with Crippen LogP contribution in [0.25, 0.3) is 6.08 Å². The van der Waals surface area contributed by atoms with Crippen molar-refractivity contribution in [1.29, 1.82) is 0 Å². The van der Waals surface area contributed by atoms with Crippen LogP contribution < -0.4 is 4.72 Å². The molecule has 0 bridgehead atoms. The van der Waals surface area contributed by atoms with Gasteiger partial charge < -0.3 is 4.90 Å². The van der Waals surface area contributed by atoms with Crippen LogP contribution in [0.2, 0.25) is 0 Å². The first-order valence-corrected chi connectivity index (χ1v) is 9.24. The fraction of sp³-hybridized carbons (Fsp3) is 0.529. The van der Waals surface area contributed by atoms with Crippen LogP contribution in [0.5, 0.6) is 0 Å². The molecule has 0 saturated heterocycles. The summed E-state index contributed by atoms with van der Waals surface area (Å²) in [5.41, 5.74) is 2.17. The number of sulfonamides is 1. The molecular weight excluding hydrogens is 296 g/mol. The van der Waals surface area contributed by atoms with Crippen LogP contribution in [0, 0.1) is 5.92 Å². The summed E-state index contributed by atoms with van der Waals surface area (Å²) in [7, 11) is 0.583.